The standard InChI is InChI=1S/C45H46N4O8/c1-6-28-16-33-22-46-37-20-41(39(53-3)18-35(37)44(51)48(33)24-28)56-26-31-13-30(11-9-8-10-12-43(50)55-5)14-32(15-31)27-57-42-21-38-36(19-40(42)54-4)45(52)49-25-29(7-2)17-34(49)23-47-38/h6-7,13-15,18-23,33-34H,8,10,12,16-17,24-27H2,1-5H3/t33-,34-/m0/s1. The van der Waals surface area contributed by atoms with Crippen LogP contribution >= 0.6 is 0 Å². The zero-order chi connectivity index (χ0) is 40.1. The lowest BCUT2D eigenvalue weighted by Gasteiger charge is -2.20. The van der Waals surface area contributed by atoms with E-state index in [0.717, 1.165) is 29.5 Å². The summed E-state index contributed by atoms with van der Waals surface area (Å²) in [4.78, 5) is 51.9. The maximum absolute atomic E-state index is 13.6. The number of amides is 2. The van der Waals surface area contributed by atoms with Crippen LogP contribution in [0.3, 0.4) is 0 Å². The van der Waals surface area contributed by atoms with Gasteiger partial charge in [0, 0.05) is 56.1 Å². The molecule has 2 saturated heterocycles. The fourth-order valence-corrected chi connectivity index (χ4v) is 7.44. The van der Waals surface area contributed by atoms with Crippen molar-refractivity contribution in [2.75, 3.05) is 34.4 Å². The minimum atomic E-state index is -0.270. The van der Waals surface area contributed by atoms with Gasteiger partial charge in [-0.15, -0.1) is 0 Å². The number of allylic oxidation sites excluding steroid dienone is 2. The molecule has 0 aliphatic carbocycles. The van der Waals surface area contributed by atoms with E-state index in [1.807, 2.05) is 54.3 Å². The maximum Gasteiger partial charge on any atom is 0.305 e. The number of unbranched alkanes of at least 4 members (excludes halogenated alkanes) is 1. The Balaban J connectivity index is 1.13. The molecular weight excluding hydrogens is 725 g/mol. The molecular formula is C45H46N4O8. The number of fused-ring (bicyclic) bond motifs is 4. The molecule has 0 spiro atoms. The third-order valence-corrected chi connectivity index (χ3v) is 10.6. The van der Waals surface area contributed by atoms with Crippen molar-refractivity contribution in [2.24, 2.45) is 9.98 Å². The van der Waals surface area contributed by atoms with Crippen LogP contribution in [0.2, 0.25) is 0 Å². The number of carbonyl (C=O) groups is 3. The van der Waals surface area contributed by atoms with Crippen LogP contribution in [0, 0.1) is 11.8 Å². The van der Waals surface area contributed by atoms with Crippen LogP contribution in [-0.4, -0.2) is 86.5 Å². The summed E-state index contributed by atoms with van der Waals surface area (Å²) in [5, 5.41) is 0. The lowest BCUT2D eigenvalue weighted by molar-refractivity contribution is -0.140. The van der Waals surface area contributed by atoms with Gasteiger partial charge in [-0.05, 0) is 74.6 Å². The topological polar surface area (TPSA) is 129 Å². The second-order valence-corrected chi connectivity index (χ2v) is 14.2. The summed E-state index contributed by atoms with van der Waals surface area (Å²) in [6.45, 7) is 5.44. The Labute approximate surface area is 332 Å². The van der Waals surface area contributed by atoms with Gasteiger partial charge in [-0.3, -0.25) is 24.4 Å². The van der Waals surface area contributed by atoms with Crippen molar-refractivity contribution in [1.82, 2.24) is 9.80 Å². The predicted molar refractivity (Wildman–Crippen MR) is 217 cm³/mol. The Bertz CT molecular complexity index is 2140. The number of carbonyl (C=O) groups excluding carboxylic acids is 3. The van der Waals surface area contributed by atoms with Crippen molar-refractivity contribution in [3.05, 3.63) is 93.6 Å². The average molecular weight is 771 g/mol. The van der Waals surface area contributed by atoms with E-state index in [-0.39, 0.29) is 43.1 Å². The maximum atomic E-state index is 13.6. The van der Waals surface area contributed by atoms with Crippen LogP contribution < -0.4 is 18.9 Å². The van der Waals surface area contributed by atoms with Crippen LogP contribution in [0.5, 0.6) is 23.0 Å². The van der Waals surface area contributed by atoms with Gasteiger partial charge in [-0.25, -0.2) is 0 Å². The molecule has 0 unspecified atom stereocenters. The lowest BCUT2D eigenvalue weighted by Crippen LogP contribution is -2.35. The molecule has 12 heteroatoms. The number of nitrogens with zero attached hydrogens (tertiary/aromatic N) is 4. The Morgan fingerprint density at radius 1 is 0.737 bits per heavy atom. The van der Waals surface area contributed by atoms with Gasteiger partial charge >= 0.3 is 5.97 Å². The van der Waals surface area contributed by atoms with E-state index in [0.29, 0.717) is 77.9 Å². The van der Waals surface area contributed by atoms with Gasteiger partial charge in [0.15, 0.2) is 23.0 Å². The summed E-state index contributed by atoms with van der Waals surface area (Å²) >= 11 is 0. The number of aliphatic imine (C=N–C) groups is 2. The highest BCUT2D eigenvalue weighted by Crippen LogP contribution is 2.41. The van der Waals surface area contributed by atoms with Crippen molar-refractivity contribution in [2.45, 2.75) is 71.2 Å². The molecule has 4 aliphatic heterocycles. The third-order valence-electron chi connectivity index (χ3n) is 10.6. The van der Waals surface area contributed by atoms with Crippen molar-refractivity contribution in [3.63, 3.8) is 0 Å². The van der Waals surface area contributed by atoms with E-state index in [1.165, 1.54) is 18.3 Å². The number of ether oxygens (including phenoxy) is 5. The van der Waals surface area contributed by atoms with Gasteiger partial charge in [0.25, 0.3) is 11.8 Å². The van der Waals surface area contributed by atoms with Gasteiger partial charge in [0.1, 0.15) is 13.2 Å². The average Bonchev–Trinajstić information content (AvgIpc) is 3.80. The molecule has 12 nitrogen and oxygen atoms in total. The number of hydrogen-bond donors (Lipinski definition) is 0. The van der Waals surface area contributed by atoms with Crippen molar-refractivity contribution >= 4 is 41.6 Å². The summed E-state index contributed by atoms with van der Waals surface area (Å²) in [5.41, 5.74) is 6.76. The lowest BCUT2D eigenvalue weighted by atomic mass is 10.1. The molecule has 4 heterocycles. The molecule has 4 aliphatic rings. The fourth-order valence-electron chi connectivity index (χ4n) is 7.44. The van der Waals surface area contributed by atoms with Gasteiger partial charge in [-0.2, -0.15) is 0 Å². The summed E-state index contributed by atoms with van der Waals surface area (Å²) in [6.07, 6.45) is 10.7. The number of rotatable bonds is 11. The van der Waals surface area contributed by atoms with Crippen LogP contribution in [0.4, 0.5) is 11.4 Å². The zero-order valence-electron chi connectivity index (χ0n) is 32.9. The van der Waals surface area contributed by atoms with E-state index in [2.05, 4.69) is 24.0 Å². The minimum Gasteiger partial charge on any atom is -0.493 e. The SMILES string of the molecule is CC=C1C[C@H]2C=Nc3cc(OCc4cc(C#CCCCC(=O)OC)cc(COc5cc6c(cc5OC)C(=O)N5CC(=CC)C[C@H]5C=N6)c4)c(OC)cc3C(=O)N2C1. The fraction of sp³-hybridized carbons (Fsp3) is 0.356. The second-order valence-electron chi connectivity index (χ2n) is 14.2. The van der Waals surface area contributed by atoms with E-state index in [1.54, 1.807) is 38.5 Å². The van der Waals surface area contributed by atoms with Crippen molar-refractivity contribution < 1.29 is 38.1 Å². The van der Waals surface area contributed by atoms with Gasteiger partial charge in [-0.1, -0.05) is 35.1 Å². The molecule has 3 aromatic rings. The Morgan fingerprint density at radius 3 is 1.70 bits per heavy atom. The summed E-state index contributed by atoms with van der Waals surface area (Å²) < 4.78 is 28.9. The smallest absolute Gasteiger partial charge is 0.305 e. The molecule has 294 valence electrons. The van der Waals surface area contributed by atoms with E-state index < -0.39 is 0 Å². The summed E-state index contributed by atoms with van der Waals surface area (Å²) in [6, 6.07) is 12.6. The third kappa shape index (κ3) is 8.43. The first-order chi connectivity index (χ1) is 27.7. The Morgan fingerprint density at radius 2 is 1.25 bits per heavy atom. The van der Waals surface area contributed by atoms with Crippen molar-refractivity contribution in [1.29, 1.82) is 0 Å². The summed E-state index contributed by atoms with van der Waals surface area (Å²) in [5.74, 6) is 7.67. The number of methoxy groups -OCH3 is 3. The van der Waals surface area contributed by atoms with Crippen molar-refractivity contribution in [3.8, 4) is 34.8 Å². The van der Waals surface area contributed by atoms with Gasteiger partial charge in [0.05, 0.1) is 55.9 Å². The van der Waals surface area contributed by atoms with Crippen LogP contribution in [0.1, 0.15) is 83.4 Å². The molecule has 57 heavy (non-hydrogen) atoms. The van der Waals surface area contributed by atoms with E-state index >= 15 is 0 Å². The number of hydrogen-bond acceptors (Lipinski definition) is 10. The van der Waals surface area contributed by atoms with Crippen LogP contribution in [-0.2, 0) is 22.7 Å². The Kier molecular flexibility index (Phi) is 11.7. The highest BCUT2D eigenvalue weighted by atomic mass is 16.5. The molecule has 0 saturated carbocycles. The van der Waals surface area contributed by atoms with E-state index in [4.69, 9.17) is 33.7 Å². The normalized spacial score (nSPS) is 19.2. The molecule has 2 amide bonds. The molecule has 0 bridgehead atoms. The highest BCUT2D eigenvalue weighted by Gasteiger charge is 2.36. The molecule has 0 N–H and O–H groups in total. The number of esters is 1. The molecule has 2 fully saturated rings. The van der Waals surface area contributed by atoms with Gasteiger partial charge in [0.2, 0.25) is 0 Å². The highest BCUT2D eigenvalue weighted by molar-refractivity contribution is 6.04. The minimum absolute atomic E-state index is 0.0930. The molecule has 0 radical (unpaired) electrons. The Hall–Kier alpha value is -6.35. The van der Waals surface area contributed by atoms with E-state index in [9.17, 15) is 14.4 Å². The van der Waals surface area contributed by atoms with Crippen LogP contribution in [0.25, 0.3) is 0 Å². The first-order valence-corrected chi connectivity index (χ1v) is 19.1. The first kappa shape index (κ1) is 38.9. The first-order valence-electron chi connectivity index (χ1n) is 19.1. The number of benzene rings is 3. The molecule has 0 aromatic heterocycles. The van der Waals surface area contributed by atoms with Crippen LogP contribution in [0.15, 0.2) is 75.7 Å². The largest absolute Gasteiger partial charge is 0.493 e. The second kappa shape index (κ2) is 17.2. The summed E-state index contributed by atoms with van der Waals surface area (Å²) in [7, 11) is 4.46. The zero-order valence-corrected chi connectivity index (χ0v) is 32.9. The molecule has 2 atom stereocenters. The van der Waals surface area contributed by atoms with Gasteiger partial charge < -0.3 is 33.5 Å². The molecule has 3 aromatic carbocycles. The quantitative estimate of drug-likeness (QED) is 0.0860. The monoisotopic (exact) mass is 770 g/mol. The predicted octanol–water partition coefficient (Wildman–Crippen LogP) is 7.31. The molecule has 7 rings (SSSR count).